The van der Waals surface area contributed by atoms with E-state index >= 15 is 0 Å². The third kappa shape index (κ3) is 4.25. The minimum Gasteiger partial charge on any atom is -0.325 e. The Balaban J connectivity index is 1.67. The van der Waals surface area contributed by atoms with Gasteiger partial charge < -0.3 is 14.8 Å². The van der Waals surface area contributed by atoms with Gasteiger partial charge in [0.2, 0.25) is 5.91 Å². The van der Waals surface area contributed by atoms with E-state index in [0.29, 0.717) is 22.6 Å². The van der Waals surface area contributed by atoms with Gasteiger partial charge in [-0.05, 0) is 62.8 Å². The lowest BCUT2D eigenvalue weighted by Crippen LogP contribution is -2.38. The van der Waals surface area contributed by atoms with Gasteiger partial charge in [0.25, 0.3) is 5.56 Å². The molecule has 0 radical (unpaired) electrons. The monoisotopic (exact) mass is 437 g/mol. The van der Waals surface area contributed by atoms with Gasteiger partial charge in [0.15, 0.2) is 0 Å². The van der Waals surface area contributed by atoms with Gasteiger partial charge in [-0.15, -0.1) is 0 Å². The van der Waals surface area contributed by atoms with Crippen molar-refractivity contribution in [2.24, 2.45) is 0 Å². The van der Waals surface area contributed by atoms with Crippen LogP contribution in [0, 0.1) is 0 Å². The largest absolute Gasteiger partial charge is 0.325 e. The topological polar surface area (TPSA) is 54.3 Å². The lowest BCUT2D eigenvalue weighted by atomic mass is 9.78. The first-order valence-corrected chi connectivity index (χ1v) is 11.1. The Bertz CT molecular complexity index is 1150. The minimum absolute atomic E-state index is 0.0170. The number of aromatic nitrogens is 1. The number of fused-ring (bicyclic) bond motifs is 1. The quantitative estimate of drug-likeness (QED) is 0.609. The number of pyridine rings is 1. The fourth-order valence-corrected chi connectivity index (χ4v) is 4.67. The highest BCUT2D eigenvalue weighted by Gasteiger charge is 2.42. The van der Waals surface area contributed by atoms with Crippen molar-refractivity contribution in [3.05, 3.63) is 75.7 Å². The van der Waals surface area contributed by atoms with Crippen molar-refractivity contribution in [1.82, 2.24) is 9.47 Å². The van der Waals surface area contributed by atoms with Gasteiger partial charge >= 0.3 is 0 Å². The summed E-state index contributed by atoms with van der Waals surface area (Å²) in [5, 5.41) is 5.20. The molecule has 162 valence electrons. The number of carbonyl (C=O) groups is 1. The first-order chi connectivity index (χ1) is 14.9. The number of rotatable bonds is 6. The third-order valence-corrected chi connectivity index (χ3v) is 6.60. The molecule has 0 spiro atoms. The molecule has 1 fully saturated rings. The van der Waals surface area contributed by atoms with E-state index in [-0.39, 0.29) is 11.5 Å². The maximum atomic E-state index is 13.6. The van der Waals surface area contributed by atoms with Crippen LogP contribution in [0.15, 0.2) is 59.5 Å². The van der Waals surface area contributed by atoms with Gasteiger partial charge in [0.1, 0.15) is 0 Å². The van der Waals surface area contributed by atoms with Gasteiger partial charge in [-0.25, -0.2) is 0 Å². The number of nitrogens with one attached hydrogen (secondary N) is 1. The molecule has 0 aliphatic heterocycles. The highest BCUT2D eigenvalue weighted by atomic mass is 35.5. The van der Waals surface area contributed by atoms with E-state index in [1.807, 2.05) is 73.7 Å². The van der Waals surface area contributed by atoms with E-state index in [9.17, 15) is 9.59 Å². The molecule has 0 unspecified atom stereocenters. The highest BCUT2D eigenvalue weighted by molar-refractivity contribution is 6.30. The number of carbonyl (C=O) groups excluding carboxylic acids is 1. The van der Waals surface area contributed by atoms with Crippen molar-refractivity contribution in [2.45, 2.75) is 37.6 Å². The Labute approximate surface area is 187 Å². The van der Waals surface area contributed by atoms with Crippen LogP contribution in [0.25, 0.3) is 10.8 Å². The third-order valence-electron chi connectivity index (χ3n) is 6.34. The Morgan fingerprint density at radius 2 is 1.77 bits per heavy atom. The first kappa shape index (κ1) is 21.6. The smallest absolute Gasteiger partial charge is 0.258 e. The molecule has 1 heterocycles. The van der Waals surface area contributed by atoms with Crippen molar-refractivity contribution >= 4 is 34.0 Å². The van der Waals surface area contributed by atoms with E-state index in [4.69, 9.17) is 11.6 Å². The Morgan fingerprint density at radius 1 is 1.06 bits per heavy atom. The number of hydrogen-bond acceptors (Lipinski definition) is 3. The lowest BCUT2D eigenvalue weighted by Gasteiger charge is -2.28. The summed E-state index contributed by atoms with van der Waals surface area (Å²) in [4.78, 5) is 28.6. The molecular weight excluding hydrogens is 410 g/mol. The molecule has 1 saturated carbocycles. The first-order valence-electron chi connectivity index (χ1n) is 10.8. The number of halogens is 1. The van der Waals surface area contributed by atoms with Gasteiger partial charge in [-0.3, -0.25) is 9.59 Å². The summed E-state index contributed by atoms with van der Waals surface area (Å²) in [6.07, 6.45) is 5.46. The molecule has 2 aromatic carbocycles. The Morgan fingerprint density at radius 3 is 2.45 bits per heavy atom. The van der Waals surface area contributed by atoms with E-state index in [2.05, 4.69) is 5.32 Å². The molecule has 0 bridgehead atoms. The number of amides is 1. The van der Waals surface area contributed by atoms with Crippen molar-refractivity contribution in [3.8, 4) is 0 Å². The van der Waals surface area contributed by atoms with Gasteiger partial charge in [0.05, 0.1) is 5.41 Å². The maximum Gasteiger partial charge on any atom is 0.258 e. The molecule has 3 aromatic rings. The second-order valence-corrected chi connectivity index (χ2v) is 9.07. The zero-order valence-corrected chi connectivity index (χ0v) is 18.8. The van der Waals surface area contributed by atoms with Crippen LogP contribution in [-0.4, -0.2) is 36.0 Å². The molecule has 1 amide bonds. The average Bonchev–Trinajstić information content (AvgIpc) is 3.25. The van der Waals surface area contributed by atoms with Crippen LogP contribution in [0.2, 0.25) is 5.02 Å². The van der Waals surface area contributed by atoms with Crippen LogP contribution in [0.3, 0.4) is 0 Å². The summed E-state index contributed by atoms with van der Waals surface area (Å²) in [7, 11) is 3.97. The average molecular weight is 438 g/mol. The zero-order valence-electron chi connectivity index (χ0n) is 18.0. The van der Waals surface area contributed by atoms with Crippen LogP contribution in [0.4, 0.5) is 5.69 Å². The molecule has 31 heavy (non-hydrogen) atoms. The van der Waals surface area contributed by atoms with Crippen molar-refractivity contribution < 1.29 is 4.79 Å². The van der Waals surface area contributed by atoms with Crippen LogP contribution in [-0.2, 0) is 16.8 Å². The van der Waals surface area contributed by atoms with E-state index < -0.39 is 5.41 Å². The second-order valence-electron chi connectivity index (χ2n) is 8.63. The molecular formula is C25H28ClN3O2. The van der Waals surface area contributed by atoms with E-state index in [1.54, 1.807) is 4.57 Å². The summed E-state index contributed by atoms with van der Waals surface area (Å²) in [5.74, 6) is -0.0170. The summed E-state index contributed by atoms with van der Waals surface area (Å²) < 4.78 is 1.72. The maximum absolute atomic E-state index is 13.6. The highest BCUT2D eigenvalue weighted by Crippen LogP contribution is 2.42. The number of hydrogen-bond donors (Lipinski definition) is 1. The number of nitrogens with zero attached hydrogens (tertiary/aromatic N) is 2. The summed E-state index contributed by atoms with van der Waals surface area (Å²) in [5.41, 5.74) is 1.08. The second kappa shape index (κ2) is 8.85. The van der Waals surface area contributed by atoms with Crippen LogP contribution in [0.5, 0.6) is 0 Å². The summed E-state index contributed by atoms with van der Waals surface area (Å²) in [6, 6.07) is 15.1. The number of anilines is 1. The molecule has 1 aliphatic rings. The Hall–Kier alpha value is -2.63. The van der Waals surface area contributed by atoms with Crippen LogP contribution < -0.4 is 10.9 Å². The van der Waals surface area contributed by atoms with E-state index in [0.717, 1.165) is 43.2 Å². The lowest BCUT2D eigenvalue weighted by molar-refractivity contribution is -0.121. The predicted octanol–water partition coefficient (Wildman–Crippen LogP) is 4.67. The molecule has 0 atom stereocenters. The van der Waals surface area contributed by atoms with E-state index in [1.165, 1.54) is 0 Å². The van der Waals surface area contributed by atoms with Crippen molar-refractivity contribution in [1.29, 1.82) is 0 Å². The van der Waals surface area contributed by atoms with Crippen molar-refractivity contribution in [3.63, 3.8) is 0 Å². The van der Waals surface area contributed by atoms with Gasteiger partial charge in [-0.1, -0.05) is 42.6 Å². The minimum atomic E-state index is -0.562. The molecule has 6 heteroatoms. The Kier molecular flexibility index (Phi) is 6.17. The van der Waals surface area contributed by atoms with Gasteiger partial charge in [0, 0.05) is 40.8 Å². The molecule has 4 rings (SSSR count). The standard InChI is InChI=1S/C25H28ClN3O2/c1-28(2)16-17-29-15-12-20-21(23(29)30)6-5-7-22(20)27-24(31)25(13-3-4-14-25)18-8-10-19(26)11-9-18/h5-12,15H,3-4,13-14,16-17H2,1-2H3,(H,27,31). The molecule has 1 aliphatic carbocycles. The van der Waals surface area contributed by atoms with Crippen molar-refractivity contribution in [2.75, 3.05) is 26.0 Å². The molecule has 0 saturated heterocycles. The van der Waals surface area contributed by atoms with Gasteiger partial charge in [-0.2, -0.15) is 0 Å². The predicted molar refractivity (Wildman–Crippen MR) is 127 cm³/mol. The fraction of sp³-hybridized carbons (Fsp3) is 0.360. The normalized spacial score (nSPS) is 15.5. The zero-order chi connectivity index (χ0) is 22.0. The summed E-state index contributed by atoms with van der Waals surface area (Å²) >= 11 is 6.07. The number of likely N-dealkylation sites (N-methyl/N-ethyl adjacent to an activating group) is 1. The number of benzene rings is 2. The summed E-state index contributed by atoms with van der Waals surface area (Å²) in [6.45, 7) is 1.41. The van der Waals surface area contributed by atoms with Crippen LogP contribution >= 0.6 is 11.6 Å². The SMILES string of the molecule is CN(C)CCn1ccc2c(NC(=O)C3(c4ccc(Cl)cc4)CCCC3)cccc2c1=O. The van der Waals surface area contributed by atoms with Crippen LogP contribution in [0.1, 0.15) is 31.2 Å². The molecule has 1 aromatic heterocycles. The fourth-order valence-electron chi connectivity index (χ4n) is 4.55. The molecule has 5 nitrogen and oxygen atoms in total. The molecule has 1 N–H and O–H groups in total.